The summed E-state index contributed by atoms with van der Waals surface area (Å²) < 4.78 is 0. The third-order valence-corrected chi connectivity index (χ3v) is 3.04. The van der Waals surface area contributed by atoms with E-state index in [2.05, 4.69) is 22.2 Å². The van der Waals surface area contributed by atoms with Gasteiger partial charge in [-0.25, -0.2) is 9.97 Å². The van der Waals surface area contributed by atoms with Crippen LogP contribution in [0.25, 0.3) is 0 Å². The van der Waals surface area contributed by atoms with Crippen molar-refractivity contribution in [2.24, 2.45) is 5.92 Å². The van der Waals surface area contributed by atoms with Crippen molar-refractivity contribution in [2.75, 3.05) is 5.32 Å². The highest BCUT2D eigenvalue weighted by molar-refractivity contribution is 6.29. The third kappa shape index (κ3) is 2.15. The van der Waals surface area contributed by atoms with E-state index in [1.807, 2.05) is 0 Å². The highest BCUT2D eigenvalue weighted by Gasteiger charge is 2.23. The van der Waals surface area contributed by atoms with E-state index in [4.69, 9.17) is 11.6 Å². The summed E-state index contributed by atoms with van der Waals surface area (Å²) in [5.41, 5.74) is 0. The summed E-state index contributed by atoms with van der Waals surface area (Å²) in [7, 11) is 0. The number of aromatic nitrogens is 2. The topological polar surface area (TPSA) is 37.8 Å². The lowest BCUT2D eigenvalue weighted by atomic mass is 10.1. The zero-order chi connectivity index (χ0) is 9.97. The molecule has 0 radical (unpaired) electrons. The maximum atomic E-state index is 5.78. The Labute approximate surface area is 88.9 Å². The van der Waals surface area contributed by atoms with Crippen LogP contribution in [0.1, 0.15) is 26.2 Å². The highest BCUT2D eigenvalue weighted by atomic mass is 35.5. The molecule has 1 heterocycles. The molecule has 4 heteroatoms. The van der Waals surface area contributed by atoms with Gasteiger partial charge in [0.05, 0.1) is 0 Å². The van der Waals surface area contributed by atoms with E-state index < -0.39 is 0 Å². The molecule has 1 saturated carbocycles. The maximum Gasteiger partial charge on any atom is 0.134 e. The van der Waals surface area contributed by atoms with Crippen molar-refractivity contribution in [1.29, 1.82) is 0 Å². The summed E-state index contributed by atoms with van der Waals surface area (Å²) >= 11 is 5.78. The Hall–Kier alpha value is -0.830. The first-order chi connectivity index (χ1) is 6.75. The summed E-state index contributed by atoms with van der Waals surface area (Å²) in [6.07, 6.45) is 5.32. The molecule has 1 aromatic rings. The molecule has 2 unspecified atom stereocenters. The number of nitrogens with zero attached hydrogens (tertiary/aromatic N) is 2. The molecule has 0 amide bonds. The van der Waals surface area contributed by atoms with Gasteiger partial charge in [0, 0.05) is 12.1 Å². The molecule has 2 atom stereocenters. The van der Waals surface area contributed by atoms with Crippen LogP contribution < -0.4 is 5.32 Å². The van der Waals surface area contributed by atoms with E-state index in [0.717, 1.165) is 11.7 Å². The summed E-state index contributed by atoms with van der Waals surface area (Å²) in [6, 6.07) is 2.31. The van der Waals surface area contributed by atoms with E-state index in [9.17, 15) is 0 Å². The number of nitrogens with one attached hydrogen (secondary N) is 1. The minimum absolute atomic E-state index is 0.494. The Bertz CT molecular complexity index is 316. The molecule has 14 heavy (non-hydrogen) atoms. The van der Waals surface area contributed by atoms with Gasteiger partial charge in [-0.3, -0.25) is 0 Å². The summed E-state index contributed by atoms with van der Waals surface area (Å²) in [4.78, 5) is 7.98. The summed E-state index contributed by atoms with van der Waals surface area (Å²) in [5, 5.41) is 3.89. The molecule has 1 aromatic heterocycles. The van der Waals surface area contributed by atoms with Gasteiger partial charge in [0.2, 0.25) is 0 Å². The SMILES string of the molecule is CC1CCCC1Nc1cc(Cl)ncn1. The minimum atomic E-state index is 0.494. The third-order valence-electron chi connectivity index (χ3n) is 2.83. The number of halogens is 1. The molecule has 0 spiro atoms. The van der Waals surface area contributed by atoms with Crippen LogP contribution >= 0.6 is 11.6 Å². The Morgan fingerprint density at radius 3 is 2.93 bits per heavy atom. The predicted octanol–water partition coefficient (Wildman–Crippen LogP) is 2.73. The quantitative estimate of drug-likeness (QED) is 0.765. The van der Waals surface area contributed by atoms with E-state index >= 15 is 0 Å². The summed E-state index contributed by atoms with van der Waals surface area (Å²) in [5.74, 6) is 1.56. The van der Waals surface area contributed by atoms with Crippen LogP contribution in [-0.4, -0.2) is 16.0 Å². The molecule has 0 aliphatic heterocycles. The van der Waals surface area contributed by atoms with Crippen molar-refractivity contribution in [1.82, 2.24) is 9.97 Å². The van der Waals surface area contributed by atoms with Crippen LogP contribution in [0.2, 0.25) is 5.15 Å². The van der Waals surface area contributed by atoms with Gasteiger partial charge in [-0.1, -0.05) is 24.9 Å². The lowest BCUT2D eigenvalue weighted by Gasteiger charge is -2.17. The number of hydrogen-bond acceptors (Lipinski definition) is 3. The number of rotatable bonds is 2. The van der Waals surface area contributed by atoms with Gasteiger partial charge in [0.25, 0.3) is 0 Å². The first kappa shape index (κ1) is 9.71. The van der Waals surface area contributed by atoms with Crippen molar-refractivity contribution in [3.63, 3.8) is 0 Å². The molecule has 0 saturated heterocycles. The average molecular weight is 212 g/mol. The fraction of sp³-hybridized carbons (Fsp3) is 0.600. The molecule has 1 aliphatic rings. The van der Waals surface area contributed by atoms with Crippen LogP contribution in [0.4, 0.5) is 5.82 Å². The van der Waals surface area contributed by atoms with E-state index in [-0.39, 0.29) is 0 Å². The zero-order valence-corrected chi connectivity index (χ0v) is 8.96. The first-order valence-electron chi connectivity index (χ1n) is 5.00. The largest absolute Gasteiger partial charge is 0.367 e. The van der Waals surface area contributed by atoms with Gasteiger partial charge < -0.3 is 5.32 Å². The average Bonchev–Trinajstić information content (AvgIpc) is 2.52. The van der Waals surface area contributed by atoms with Crippen molar-refractivity contribution in [3.05, 3.63) is 17.5 Å². The summed E-state index contributed by atoms with van der Waals surface area (Å²) in [6.45, 7) is 2.27. The number of hydrogen-bond donors (Lipinski definition) is 1. The van der Waals surface area contributed by atoms with Gasteiger partial charge >= 0.3 is 0 Å². The Morgan fingerprint density at radius 1 is 1.43 bits per heavy atom. The lowest BCUT2D eigenvalue weighted by molar-refractivity contribution is 0.555. The van der Waals surface area contributed by atoms with Crippen LogP contribution in [0.15, 0.2) is 12.4 Å². The highest BCUT2D eigenvalue weighted by Crippen LogP contribution is 2.27. The van der Waals surface area contributed by atoms with Crippen molar-refractivity contribution >= 4 is 17.4 Å². The Balaban J connectivity index is 2.03. The molecule has 1 N–H and O–H groups in total. The molecular weight excluding hydrogens is 198 g/mol. The molecule has 0 aromatic carbocycles. The van der Waals surface area contributed by atoms with E-state index in [1.54, 1.807) is 6.07 Å². The molecule has 3 nitrogen and oxygen atoms in total. The first-order valence-corrected chi connectivity index (χ1v) is 5.37. The second kappa shape index (κ2) is 4.13. The van der Waals surface area contributed by atoms with Gasteiger partial charge in [-0.05, 0) is 18.8 Å². The van der Waals surface area contributed by atoms with Crippen molar-refractivity contribution in [3.8, 4) is 0 Å². The molecular formula is C10H14ClN3. The van der Waals surface area contributed by atoms with Gasteiger partial charge in [-0.15, -0.1) is 0 Å². The monoisotopic (exact) mass is 211 g/mol. The van der Waals surface area contributed by atoms with Crippen molar-refractivity contribution in [2.45, 2.75) is 32.2 Å². The van der Waals surface area contributed by atoms with Crippen LogP contribution in [0.3, 0.4) is 0 Å². The van der Waals surface area contributed by atoms with Gasteiger partial charge in [0.1, 0.15) is 17.3 Å². The minimum Gasteiger partial charge on any atom is -0.367 e. The normalized spacial score (nSPS) is 26.4. The Morgan fingerprint density at radius 2 is 2.29 bits per heavy atom. The zero-order valence-electron chi connectivity index (χ0n) is 8.20. The molecule has 76 valence electrons. The Kier molecular flexibility index (Phi) is 2.87. The van der Waals surface area contributed by atoms with Crippen molar-refractivity contribution < 1.29 is 0 Å². The molecule has 1 aliphatic carbocycles. The predicted molar refractivity (Wildman–Crippen MR) is 57.5 cm³/mol. The standard InChI is InChI=1S/C10H14ClN3/c1-7-3-2-4-8(7)14-10-5-9(11)12-6-13-10/h5-8H,2-4H2,1H3,(H,12,13,14). The fourth-order valence-corrected chi connectivity index (χ4v) is 2.11. The number of anilines is 1. The van der Waals surface area contributed by atoms with Gasteiger partial charge in [-0.2, -0.15) is 0 Å². The van der Waals surface area contributed by atoms with Crippen LogP contribution in [0, 0.1) is 5.92 Å². The maximum absolute atomic E-state index is 5.78. The van der Waals surface area contributed by atoms with Gasteiger partial charge in [0.15, 0.2) is 0 Å². The lowest BCUT2D eigenvalue weighted by Crippen LogP contribution is -2.22. The molecule has 1 fully saturated rings. The second-order valence-corrected chi connectivity index (χ2v) is 4.27. The fourth-order valence-electron chi connectivity index (χ4n) is 1.96. The smallest absolute Gasteiger partial charge is 0.134 e. The van der Waals surface area contributed by atoms with E-state index in [1.165, 1.54) is 25.6 Å². The van der Waals surface area contributed by atoms with E-state index in [0.29, 0.717) is 11.2 Å². The van der Waals surface area contributed by atoms with Crippen LogP contribution in [0.5, 0.6) is 0 Å². The van der Waals surface area contributed by atoms with Crippen LogP contribution in [-0.2, 0) is 0 Å². The molecule has 0 bridgehead atoms. The molecule has 2 rings (SSSR count). The second-order valence-electron chi connectivity index (χ2n) is 3.88.